The second-order valence-corrected chi connectivity index (χ2v) is 3.55. The fourth-order valence-electron chi connectivity index (χ4n) is 1.56. The summed E-state index contributed by atoms with van der Waals surface area (Å²) in [7, 11) is 3.35. The van der Waals surface area contributed by atoms with E-state index in [1.54, 1.807) is 20.4 Å². The predicted molar refractivity (Wildman–Crippen MR) is 63.7 cm³/mol. The van der Waals surface area contributed by atoms with Crippen LogP contribution in [0.2, 0.25) is 0 Å². The van der Waals surface area contributed by atoms with Crippen LogP contribution < -0.4 is 10.1 Å². The summed E-state index contributed by atoms with van der Waals surface area (Å²) in [5, 5.41) is 3.39. The lowest BCUT2D eigenvalue weighted by molar-refractivity contribution is 0.164. The number of rotatable bonds is 7. The molecule has 90 valence electrons. The molecule has 1 heterocycles. The monoisotopic (exact) mass is 224 g/mol. The molecule has 0 aliphatic heterocycles. The minimum absolute atomic E-state index is 0.0844. The van der Waals surface area contributed by atoms with Gasteiger partial charge in [-0.05, 0) is 25.1 Å². The SMILES string of the molecule is CCCNC(COC)c1ncccc1OC. The van der Waals surface area contributed by atoms with Crippen LogP contribution in [0.1, 0.15) is 25.1 Å². The minimum atomic E-state index is 0.0844. The van der Waals surface area contributed by atoms with Gasteiger partial charge < -0.3 is 14.8 Å². The summed E-state index contributed by atoms with van der Waals surface area (Å²) in [6.45, 7) is 3.66. The van der Waals surface area contributed by atoms with E-state index in [-0.39, 0.29) is 6.04 Å². The van der Waals surface area contributed by atoms with Gasteiger partial charge in [0.05, 0.1) is 19.8 Å². The summed E-state index contributed by atoms with van der Waals surface area (Å²) in [4.78, 5) is 4.35. The summed E-state index contributed by atoms with van der Waals surface area (Å²) >= 11 is 0. The van der Waals surface area contributed by atoms with E-state index in [0.29, 0.717) is 6.61 Å². The molecule has 1 N–H and O–H groups in total. The van der Waals surface area contributed by atoms with E-state index in [1.807, 2.05) is 12.1 Å². The summed E-state index contributed by atoms with van der Waals surface area (Å²) in [6.07, 6.45) is 2.85. The molecule has 0 aromatic carbocycles. The molecule has 0 amide bonds. The second-order valence-electron chi connectivity index (χ2n) is 3.55. The molecule has 1 aromatic rings. The largest absolute Gasteiger partial charge is 0.495 e. The van der Waals surface area contributed by atoms with Gasteiger partial charge in [-0.3, -0.25) is 4.98 Å². The first-order valence-corrected chi connectivity index (χ1v) is 5.54. The summed E-state index contributed by atoms with van der Waals surface area (Å²) in [5.41, 5.74) is 0.903. The van der Waals surface area contributed by atoms with Gasteiger partial charge in [-0.15, -0.1) is 0 Å². The highest BCUT2D eigenvalue weighted by Crippen LogP contribution is 2.22. The average Bonchev–Trinajstić information content (AvgIpc) is 2.34. The molecule has 4 nitrogen and oxygen atoms in total. The van der Waals surface area contributed by atoms with Crippen molar-refractivity contribution >= 4 is 0 Å². The quantitative estimate of drug-likeness (QED) is 0.766. The van der Waals surface area contributed by atoms with Gasteiger partial charge in [0, 0.05) is 13.3 Å². The first-order valence-electron chi connectivity index (χ1n) is 5.54. The molecular formula is C12H20N2O2. The Kier molecular flexibility index (Phi) is 5.82. The number of ether oxygens (including phenoxy) is 2. The normalized spacial score (nSPS) is 12.4. The van der Waals surface area contributed by atoms with Crippen molar-refractivity contribution in [3.8, 4) is 5.75 Å². The van der Waals surface area contributed by atoms with Crippen molar-refractivity contribution in [3.05, 3.63) is 24.0 Å². The first-order chi connectivity index (χ1) is 7.83. The maximum absolute atomic E-state index is 5.29. The van der Waals surface area contributed by atoms with Gasteiger partial charge in [0.15, 0.2) is 0 Å². The van der Waals surface area contributed by atoms with E-state index < -0.39 is 0 Å². The molecule has 0 spiro atoms. The van der Waals surface area contributed by atoms with Crippen molar-refractivity contribution in [1.82, 2.24) is 10.3 Å². The smallest absolute Gasteiger partial charge is 0.142 e. The average molecular weight is 224 g/mol. The van der Waals surface area contributed by atoms with Gasteiger partial charge in [-0.1, -0.05) is 6.92 Å². The van der Waals surface area contributed by atoms with Gasteiger partial charge in [-0.2, -0.15) is 0 Å². The number of nitrogens with zero attached hydrogens (tertiary/aromatic N) is 1. The van der Waals surface area contributed by atoms with Crippen LogP contribution in [-0.2, 0) is 4.74 Å². The van der Waals surface area contributed by atoms with Crippen LogP contribution in [0, 0.1) is 0 Å². The highest BCUT2D eigenvalue weighted by Gasteiger charge is 2.16. The van der Waals surface area contributed by atoms with Crippen LogP contribution in [0.15, 0.2) is 18.3 Å². The van der Waals surface area contributed by atoms with Crippen molar-refractivity contribution in [2.24, 2.45) is 0 Å². The lowest BCUT2D eigenvalue weighted by atomic mass is 10.1. The Balaban J connectivity index is 2.81. The van der Waals surface area contributed by atoms with E-state index in [2.05, 4.69) is 17.2 Å². The number of nitrogens with one attached hydrogen (secondary N) is 1. The number of hydrogen-bond donors (Lipinski definition) is 1. The Morgan fingerprint density at radius 3 is 2.88 bits per heavy atom. The zero-order valence-corrected chi connectivity index (χ0v) is 10.2. The van der Waals surface area contributed by atoms with Gasteiger partial charge in [-0.25, -0.2) is 0 Å². The molecule has 1 rings (SSSR count). The maximum Gasteiger partial charge on any atom is 0.142 e. The Bertz CT molecular complexity index is 305. The molecule has 0 saturated carbocycles. The third kappa shape index (κ3) is 3.47. The molecule has 16 heavy (non-hydrogen) atoms. The number of hydrogen-bond acceptors (Lipinski definition) is 4. The molecule has 0 fully saturated rings. The Hall–Kier alpha value is -1.13. The van der Waals surface area contributed by atoms with Gasteiger partial charge in [0.2, 0.25) is 0 Å². The van der Waals surface area contributed by atoms with Crippen molar-refractivity contribution < 1.29 is 9.47 Å². The minimum Gasteiger partial charge on any atom is -0.495 e. The molecule has 4 heteroatoms. The highest BCUT2D eigenvalue weighted by molar-refractivity contribution is 5.29. The van der Waals surface area contributed by atoms with E-state index >= 15 is 0 Å². The number of pyridine rings is 1. The lowest BCUT2D eigenvalue weighted by Gasteiger charge is -2.19. The van der Waals surface area contributed by atoms with Crippen LogP contribution in [0.5, 0.6) is 5.75 Å². The highest BCUT2D eigenvalue weighted by atomic mass is 16.5. The summed E-state index contributed by atoms with van der Waals surface area (Å²) < 4.78 is 10.5. The van der Waals surface area contributed by atoms with Gasteiger partial charge >= 0.3 is 0 Å². The van der Waals surface area contributed by atoms with E-state index in [9.17, 15) is 0 Å². The number of aromatic nitrogens is 1. The van der Waals surface area contributed by atoms with Crippen molar-refractivity contribution in [1.29, 1.82) is 0 Å². The molecule has 1 aromatic heterocycles. The standard InChI is InChI=1S/C12H20N2O2/c1-4-7-13-10(9-15-2)12-11(16-3)6-5-8-14-12/h5-6,8,10,13H,4,7,9H2,1-3H3. The van der Waals surface area contributed by atoms with Crippen LogP contribution >= 0.6 is 0 Å². The van der Waals surface area contributed by atoms with Crippen molar-refractivity contribution in [2.45, 2.75) is 19.4 Å². The molecular weight excluding hydrogens is 204 g/mol. The third-order valence-electron chi connectivity index (χ3n) is 2.32. The second kappa shape index (κ2) is 7.19. The van der Waals surface area contributed by atoms with Crippen molar-refractivity contribution in [3.63, 3.8) is 0 Å². The van der Waals surface area contributed by atoms with Crippen molar-refractivity contribution in [2.75, 3.05) is 27.4 Å². The zero-order valence-electron chi connectivity index (χ0n) is 10.2. The van der Waals surface area contributed by atoms with E-state index in [4.69, 9.17) is 9.47 Å². The fraction of sp³-hybridized carbons (Fsp3) is 0.583. The molecule has 1 unspecified atom stereocenters. The zero-order chi connectivity index (χ0) is 11.8. The Labute approximate surface area is 97.0 Å². The van der Waals surface area contributed by atoms with Gasteiger partial charge in [0.25, 0.3) is 0 Å². The fourth-order valence-corrected chi connectivity index (χ4v) is 1.56. The number of methoxy groups -OCH3 is 2. The van der Waals surface area contributed by atoms with Crippen LogP contribution in [0.25, 0.3) is 0 Å². The van der Waals surface area contributed by atoms with Gasteiger partial charge in [0.1, 0.15) is 11.4 Å². The van der Waals surface area contributed by atoms with E-state index in [1.165, 1.54) is 0 Å². The topological polar surface area (TPSA) is 43.4 Å². The van der Waals surface area contributed by atoms with E-state index in [0.717, 1.165) is 24.4 Å². The summed E-state index contributed by atoms with van der Waals surface area (Å²) in [5.74, 6) is 0.799. The molecule has 0 aliphatic rings. The first kappa shape index (κ1) is 12.9. The molecule has 1 atom stereocenters. The Morgan fingerprint density at radius 2 is 2.25 bits per heavy atom. The van der Waals surface area contributed by atoms with Crippen LogP contribution in [-0.4, -0.2) is 32.4 Å². The molecule has 0 radical (unpaired) electrons. The lowest BCUT2D eigenvalue weighted by Crippen LogP contribution is -2.27. The van der Waals surface area contributed by atoms with Crippen LogP contribution in [0.4, 0.5) is 0 Å². The molecule has 0 saturated heterocycles. The molecule has 0 aliphatic carbocycles. The molecule has 0 bridgehead atoms. The predicted octanol–water partition coefficient (Wildman–Crippen LogP) is 1.78. The summed E-state index contributed by atoms with van der Waals surface area (Å²) in [6, 6.07) is 3.87. The van der Waals surface area contributed by atoms with Crippen LogP contribution in [0.3, 0.4) is 0 Å². The Morgan fingerprint density at radius 1 is 1.44 bits per heavy atom. The third-order valence-corrected chi connectivity index (χ3v) is 2.32. The maximum atomic E-state index is 5.29.